The summed E-state index contributed by atoms with van der Waals surface area (Å²) in [4.78, 5) is 2.06. The molecule has 0 radical (unpaired) electrons. The minimum absolute atomic E-state index is 0.274. The first kappa shape index (κ1) is 18.2. The topological polar surface area (TPSA) is 50.5 Å². The number of aliphatic hydroxyl groups excluding tert-OH is 1. The van der Waals surface area contributed by atoms with Crippen LogP contribution in [0.5, 0.6) is 5.75 Å². The summed E-state index contributed by atoms with van der Waals surface area (Å²) in [6.07, 6.45) is 3.32. The molecule has 1 heterocycles. The predicted molar refractivity (Wildman–Crippen MR) is 103 cm³/mol. The molecule has 1 aromatic heterocycles. The van der Waals surface area contributed by atoms with E-state index in [4.69, 9.17) is 4.74 Å². The van der Waals surface area contributed by atoms with Gasteiger partial charge in [0.25, 0.3) is 0 Å². The molecular formula is C21H25N3O2. The van der Waals surface area contributed by atoms with Crippen LogP contribution in [-0.2, 0) is 6.54 Å². The number of para-hydroxylation sites is 1. The molecule has 1 unspecified atom stereocenters. The van der Waals surface area contributed by atoms with E-state index in [0.29, 0.717) is 13.1 Å². The quantitative estimate of drug-likeness (QED) is 0.678. The minimum Gasteiger partial charge on any atom is -0.491 e. The van der Waals surface area contributed by atoms with Gasteiger partial charge in [0.15, 0.2) is 0 Å². The zero-order valence-electron chi connectivity index (χ0n) is 15.2. The lowest BCUT2D eigenvalue weighted by molar-refractivity contribution is 0.0744. The zero-order valence-corrected chi connectivity index (χ0v) is 15.2. The standard InChI is InChI=1S/C21H25N3O2/c1-17-8-10-21(11-9-17)26-16-20(25)15-23(2)13-18-12-22-24(14-18)19-6-4-3-5-7-19/h3-12,14,20,25H,13,15-16H2,1-2H3. The second-order valence-corrected chi connectivity index (χ2v) is 6.60. The Balaban J connectivity index is 1.47. The summed E-state index contributed by atoms with van der Waals surface area (Å²) in [5.74, 6) is 0.779. The zero-order chi connectivity index (χ0) is 18.4. The molecular weight excluding hydrogens is 326 g/mol. The summed E-state index contributed by atoms with van der Waals surface area (Å²) in [7, 11) is 1.98. The van der Waals surface area contributed by atoms with Crippen LogP contribution in [0.4, 0.5) is 0 Å². The Kier molecular flexibility index (Phi) is 6.04. The molecule has 0 aliphatic heterocycles. The molecule has 0 saturated heterocycles. The smallest absolute Gasteiger partial charge is 0.119 e. The monoisotopic (exact) mass is 351 g/mol. The molecule has 26 heavy (non-hydrogen) atoms. The van der Waals surface area contributed by atoms with E-state index in [1.54, 1.807) is 0 Å². The van der Waals surface area contributed by atoms with Gasteiger partial charge >= 0.3 is 0 Å². The molecule has 1 atom stereocenters. The molecule has 0 aliphatic carbocycles. The van der Waals surface area contributed by atoms with Gasteiger partial charge < -0.3 is 9.84 Å². The largest absolute Gasteiger partial charge is 0.491 e. The lowest BCUT2D eigenvalue weighted by atomic mass is 10.2. The van der Waals surface area contributed by atoms with Crippen LogP contribution in [0.25, 0.3) is 5.69 Å². The van der Waals surface area contributed by atoms with Gasteiger partial charge in [0, 0.05) is 24.8 Å². The molecule has 0 saturated carbocycles. The van der Waals surface area contributed by atoms with Crippen LogP contribution in [-0.4, -0.2) is 46.1 Å². The van der Waals surface area contributed by atoms with Crippen LogP contribution in [0.3, 0.4) is 0 Å². The lowest BCUT2D eigenvalue weighted by Gasteiger charge is -2.20. The maximum atomic E-state index is 10.2. The summed E-state index contributed by atoms with van der Waals surface area (Å²) in [6, 6.07) is 17.9. The second-order valence-electron chi connectivity index (χ2n) is 6.60. The molecule has 3 rings (SSSR count). The third-order valence-electron chi connectivity index (χ3n) is 4.10. The summed E-state index contributed by atoms with van der Waals surface area (Å²) < 4.78 is 7.50. The van der Waals surface area contributed by atoms with E-state index >= 15 is 0 Å². The Morgan fingerprint density at radius 2 is 1.85 bits per heavy atom. The Morgan fingerprint density at radius 1 is 1.12 bits per heavy atom. The SMILES string of the molecule is Cc1ccc(OCC(O)CN(C)Cc2cnn(-c3ccccc3)c2)cc1. The molecule has 0 amide bonds. The number of aromatic nitrogens is 2. The molecule has 3 aromatic rings. The Bertz CT molecular complexity index is 800. The van der Waals surface area contributed by atoms with Gasteiger partial charge in [-0.25, -0.2) is 4.68 Å². The van der Waals surface area contributed by atoms with Crippen LogP contribution in [0.15, 0.2) is 67.0 Å². The third kappa shape index (κ3) is 5.18. The van der Waals surface area contributed by atoms with Gasteiger partial charge in [-0.2, -0.15) is 5.10 Å². The molecule has 5 nitrogen and oxygen atoms in total. The number of aryl methyl sites for hydroxylation is 1. The minimum atomic E-state index is -0.550. The highest BCUT2D eigenvalue weighted by Gasteiger charge is 2.11. The molecule has 5 heteroatoms. The van der Waals surface area contributed by atoms with Gasteiger partial charge in [-0.05, 0) is 38.2 Å². The molecule has 2 aromatic carbocycles. The fourth-order valence-corrected chi connectivity index (χ4v) is 2.78. The normalized spacial score (nSPS) is 12.3. The van der Waals surface area contributed by atoms with E-state index in [0.717, 1.165) is 17.0 Å². The summed E-state index contributed by atoms with van der Waals surface area (Å²) in [5, 5.41) is 14.6. The van der Waals surface area contributed by atoms with Crippen molar-refractivity contribution in [1.82, 2.24) is 14.7 Å². The molecule has 0 fully saturated rings. The number of aliphatic hydroxyl groups is 1. The van der Waals surface area contributed by atoms with E-state index in [-0.39, 0.29) is 6.61 Å². The summed E-state index contributed by atoms with van der Waals surface area (Å²) in [6.45, 7) is 3.56. The first-order valence-electron chi connectivity index (χ1n) is 8.75. The van der Waals surface area contributed by atoms with Gasteiger partial charge in [-0.3, -0.25) is 4.90 Å². The van der Waals surface area contributed by atoms with Crippen LogP contribution < -0.4 is 4.74 Å². The van der Waals surface area contributed by atoms with Crippen LogP contribution in [0.2, 0.25) is 0 Å². The number of nitrogens with zero attached hydrogens (tertiary/aromatic N) is 3. The second kappa shape index (κ2) is 8.65. The number of rotatable bonds is 8. The van der Waals surface area contributed by atoms with E-state index in [2.05, 4.69) is 10.00 Å². The average Bonchev–Trinajstić information content (AvgIpc) is 3.10. The highest BCUT2D eigenvalue weighted by atomic mass is 16.5. The van der Waals surface area contributed by atoms with Gasteiger partial charge in [0.05, 0.1) is 11.9 Å². The molecule has 0 spiro atoms. The Labute approximate surface area is 154 Å². The van der Waals surface area contributed by atoms with E-state index in [1.807, 2.05) is 85.6 Å². The van der Waals surface area contributed by atoms with E-state index < -0.39 is 6.10 Å². The van der Waals surface area contributed by atoms with Crippen molar-refractivity contribution >= 4 is 0 Å². The number of likely N-dealkylation sites (N-methyl/N-ethyl adjacent to an activating group) is 1. The van der Waals surface area contributed by atoms with Crippen molar-refractivity contribution in [1.29, 1.82) is 0 Å². The van der Waals surface area contributed by atoms with Crippen molar-refractivity contribution < 1.29 is 9.84 Å². The highest BCUT2D eigenvalue weighted by molar-refractivity contribution is 5.31. The number of hydrogen-bond donors (Lipinski definition) is 1. The van der Waals surface area contributed by atoms with Crippen molar-refractivity contribution in [3.8, 4) is 11.4 Å². The lowest BCUT2D eigenvalue weighted by Crippen LogP contribution is -2.32. The average molecular weight is 351 g/mol. The summed E-state index contributed by atoms with van der Waals surface area (Å²) in [5.41, 5.74) is 3.32. The number of ether oxygens (including phenoxy) is 1. The Hall–Kier alpha value is -2.63. The van der Waals surface area contributed by atoms with E-state index in [9.17, 15) is 5.11 Å². The van der Waals surface area contributed by atoms with Crippen molar-refractivity contribution in [2.45, 2.75) is 19.6 Å². The van der Waals surface area contributed by atoms with Crippen molar-refractivity contribution in [2.24, 2.45) is 0 Å². The maximum absolute atomic E-state index is 10.2. The first-order chi connectivity index (χ1) is 12.6. The predicted octanol–water partition coefficient (Wildman–Crippen LogP) is 3.05. The molecule has 1 N–H and O–H groups in total. The van der Waals surface area contributed by atoms with E-state index in [1.165, 1.54) is 5.56 Å². The van der Waals surface area contributed by atoms with Crippen molar-refractivity contribution in [3.63, 3.8) is 0 Å². The summed E-state index contributed by atoms with van der Waals surface area (Å²) >= 11 is 0. The Morgan fingerprint density at radius 3 is 2.58 bits per heavy atom. The van der Waals surface area contributed by atoms with Gasteiger partial charge in [-0.15, -0.1) is 0 Å². The molecule has 136 valence electrons. The first-order valence-corrected chi connectivity index (χ1v) is 8.75. The fraction of sp³-hybridized carbons (Fsp3) is 0.286. The number of hydrogen-bond acceptors (Lipinski definition) is 4. The van der Waals surface area contributed by atoms with Crippen LogP contribution >= 0.6 is 0 Å². The van der Waals surface area contributed by atoms with Gasteiger partial charge in [-0.1, -0.05) is 35.9 Å². The number of benzene rings is 2. The van der Waals surface area contributed by atoms with Crippen LogP contribution in [0, 0.1) is 6.92 Å². The molecule has 0 bridgehead atoms. The van der Waals surface area contributed by atoms with Crippen molar-refractivity contribution in [3.05, 3.63) is 78.1 Å². The van der Waals surface area contributed by atoms with Crippen molar-refractivity contribution in [2.75, 3.05) is 20.2 Å². The van der Waals surface area contributed by atoms with Gasteiger partial charge in [0.1, 0.15) is 18.5 Å². The fourth-order valence-electron chi connectivity index (χ4n) is 2.78. The maximum Gasteiger partial charge on any atom is 0.119 e. The van der Waals surface area contributed by atoms with Gasteiger partial charge in [0.2, 0.25) is 0 Å². The molecule has 0 aliphatic rings. The third-order valence-corrected chi connectivity index (χ3v) is 4.10. The highest BCUT2D eigenvalue weighted by Crippen LogP contribution is 2.12. The van der Waals surface area contributed by atoms with Crippen LogP contribution in [0.1, 0.15) is 11.1 Å².